The molecule has 2 amide bonds. The van der Waals surface area contributed by atoms with Crippen molar-refractivity contribution in [3.05, 3.63) is 65.7 Å². The van der Waals surface area contributed by atoms with E-state index in [1.165, 1.54) is 0 Å². The Hall–Kier alpha value is -2.76. The molecule has 0 aromatic heterocycles. The molecule has 1 fully saturated rings. The highest BCUT2D eigenvalue weighted by molar-refractivity contribution is 6.25. The number of carbonyl (C=O) groups excluding carboxylic acids is 2. The summed E-state index contributed by atoms with van der Waals surface area (Å²) in [4.78, 5) is 26.2. The molecule has 132 valence electrons. The summed E-state index contributed by atoms with van der Waals surface area (Å²) in [5, 5.41) is 0. The molecule has 2 aromatic rings. The van der Waals surface area contributed by atoms with E-state index in [4.69, 9.17) is 17.3 Å². The van der Waals surface area contributed by atoms with Crippen LogP contribution < -0.4 is 4.74 Å². The molecule has 0 aliphatic carbocycles. The molecule has 1 aliphatic rings. The van der Waals surface area contributed by atoms with Crippen molar-refractivity contribution in [2.75, 3.05) is 13.7 Å². The Labute approximate surface area is 154 Å². The minimum atomic E-state index is -0.861. The van der Waals surface area contributed by atoms with Gasteiger partial charge in [-0.25, -0.2) is 9.69 Å². The van der Waals surface area contributed by atoms with E-state index < -0.39 is 23.9 Å². The van der Waals surface area contributed by atoms with Crippen molar-refractivity contribution in [2.24, 2.45) is 0 Å². The molecule has 0 bridgehead atoms. The normalized spacial score (nSPS) is 18.9. The number of imide groups is 1. The van der Waals surface area contributed by atoms with Gasteiger partial charge in [-0.1, -0.05) is 49.4 Å². The zero-order valence-electron chi connectivity index (χ0n) is 14.8. The number of hydrogen-bond acceptors (Lipinski definition) is 4. The number of nitrogens with zero attached hydrogens (tertiary/aromatic N) is 1. The van der Waals surface area contributed by atoms with Crippen LogP contribution in [0.4, 0.5) is 4.79 Å². The summed E-state index contributed by atoms with van der Waals surface area (Å²) in [7, 11) is 7.81. The van der Waals surface area contributed by atoms with E-state index in [2.05, 4.69) is 0 Å². The number of cyclic esters (lactones) is 1. The Morgan fingerprint density at radius 1 is 1.19 bits per heavy atom. The summed E-state index contributed by atoms with van der Waals surface area (Å²) in [6.45, 7) is 2.00. The Balaban J connectivity index is 1.80. The fourth-order valence-corrected chi connectivity index (χ4v) is 3.07. The summed E-state index contributed by atoms with van der Waals surface area (Å²) in [5.74, 6) is -0.837. The molecule has 2 radical (unpaired) electrons. The minimum Gasteiger partial charge on any atom is -0.497 e. The van der Waals surface area contributed by atoms with Gasteiger partial charge in [-0.3, -0.25) is 4.79 Å². The second-order valence-corrected chi connectivity index (χ2v) is 6.30. The SMILES string of the molecule is [B][C@@H](C(=O)N1C(=O)OC[C@H]1c1ccccc1)[C@H](C)c1ccc(OC)cc1. The lowest BCUT2D eigenvalue weighted by Crippen LogP contribution is -2.38. The van der Waals surface area contributed by atoms with Crippen LogP contribution in [0.2, 0.25) is 5.82 Å². The molecule has 26 heavy (non-hydrogen) atoms. The fourth-order valence-electron chi connectivity index (χ4n) is 3.07. The molecule has 2 aromatic carbocycles. The van der Waals surface area contributed by atoms with Crippen molar-refractivity contribution < 1.29 is 19.1 Å². The highest BCUT2D eigenvalue weighted by atomic mass is 16.6. The lowest BCUT2D eigenvalue weighted by atomic mass is 9.73. The molecule has 0 N–H and O–H groups in total. The number of amides is 2. The summed E-state index contributed by atoms with van der Waals surface area (Å²) in [5.41, 5.74) is 1.74. The maximum Gasteiger partial charge on any atom is 0.417 e. The summed E-state index contributed by atoms with van der Waals surface area (Å²) < 4.78 is 10.3. The van der Waals surface area contributed by atoms with Gasteiger partial charge in [-0.2, -0.15) is 0 Å². The van der Waals surface area contributed by atoms with Crippen LogP contribution in [0.5, 0.6) is 5.75 Å². The second kappa shape index (κ2) is 7.64. The Kier molecular flexibility index (Phi) is 5.31. The predicted molar refractivity (Wildman–Crippen MR) is 98.3 cm³/mol. The van der Waals surface area contributed by atoms with E-state index in [9.17, 15) is 9.59 Å². The van der Waals surface area contributed by atoms with Crippen LogP contribution in [0.3, 0.4) is 0 Å². The molecule has 1 aliphatic heterocycles. The van der Waals surface area contributed by atoms with Gasteiger partial charge in [-0.05, 0) is 29.2 Å². The van der Waals surface area contributed by atoms with Gasteiger partial charge in [-0.15, -0.1) is 0 Å². The summed E-state index contributed by atoms with van der Waals surface area (Å²) in [6, 6.07) is 16.3. The number of ether oxygens (including phenoxy) is 2. The number of rotatable bonds is 5. The quantitative estimate of drug-likeness (QED) is 0.776. The molecule has 1 saturated heterocycles. The summed E-state index contributed by atoms with van der Waals surface area (Å²) in [6.07, 6.45) is -0.652. The van der Waals surface area contributed by atoms with Crippen molar-refractivity contribution in [1.29, 1.82) is 0 Å². The van der Waals surface area contributed by atoms with Crippen LogP contribution in [-0.2, 0) is 9.53 Å². The van der Waals surface area contributed by atoms with Gasteiger partial charge in [0.05, 0.1) is 15.0 Å². The minimum absolute atomic E-state index is 0.137. The van der Waals surface area contributed by atoms with Gasteiger partial charge >= 0.3 is 6.09 Å². The van der Waals surface area contributed by atoms with E-state index in [0.717, 1.165) is 21.8 Å². The van der Waals surface area contributed by atoms with Gasteiger partial charge in [0.25, 0.3) is 0 Å². The van der Waals surface area contributed by atoms with Gasteiger partial charge in [0.1, 0.15) is 18.4 Å². The zero-order chi connectivity index (χ0) is 18.7. The van der Waals surface area contributed by atoms with E-state index in [0.29, 0.717) is 0 Å². The van der Waals surface area contributed by atoms with E-state index in [-0.39, 0.29) is 12.5 Å². The Bertz CT molecular complexity index is 778. The second-order valence-electron chi connectivity index (χ2n) is 6.30. The smallest absolute Gasteiger partial charge is 0.417 e. The number of carbonyl (C=O) groups is 2. The molecular formula is C20H20BNO4. The molecule has 0 saturated carbocycles. The highest BCUT2D eigenvalue weighted by Crippen LogP contribution is 2.35. The van der Waals surface area contributed by atoms with Crippen molar-refractivity contribution in [2.45, 2.75) is 24.7 Å². The van der Waals surface area contributed by atoms with Crippen LogP contribution in [0.1, 0.15) is 30.0 Å². The maximum absolute atomic E-state index is 13.0. The average molecular weight is 349 g/mol. The standard InChI is InChI=1S/C20H20BNO4/c1-13(14-8-10-16(25-2)11-9-14)18(21)19(23)22-17(12-26-20(22)24)15-6-4-3-5-7-15/h3-11,13,17-18H,12H2,1-2H3/t13-,17+,18-/m1/s1. The monoisotopic (exact) mass is 349 g/mol. The van der Waals surface area contributed by atoms with Crippen molar-refractivity contribution in [3.8, 4) is 5.75 Å². The van der Waals surface area contributed by atoms with Crippen LogP contribution >= 0.6 is 0 Å². The molecule has 0 spiro atoms. The number of methoxy groups -OCH3 is 1. The van der Waals surface area contributed by atoms with Gasteiger partial charge in [0.2, 0.25) is 5.91 Å². The molecular weight excluding hydrogens is 329 g/mol. The third kappa shape index (κ3) is 3.45. The average Bonchev–Trinajstić information content (AvgIpc) is 3.08. The van der Waals surface area contributed by atoms with E-state index >= 15 is 0 Å². The first-order valence-corrected chi connectivity index (χ1v) is 8.47. The van der Waals surface area contributed by atoms with Gasteiger partial charge in [0.15, 0.2) is 0 Å². The van der Waals surface area contributed by atoms with Crippen LogP contribution in [-0.4, -0.2) is 38.5 Å². The number of hydrogen-bond donors (Lipinski definition) is 0. The van der Waals surface area contributed by atoms with E-state index in [1.54, 1.807) is 7.11 Å². The third-order valence-corrected chi connectivity index (χ3v) is 4.76. The molecule has 3 rings (SSSR count). The maximum atomic E-state index is 13.0. The Morgan fingerprint density at radius 3 is 2.46 bits per heavy atom. The summed E-state index contributed by atoms with van der Waals surface area (Å²) >= 11 is 0. The van der Waals surface area contributed by atoms with Crippen LogP contribution in [0.15, 0.2) is 54.6 Å². The molecule has 6 heteroatoms. The fraction of sp³-hybridized carbons (Fsp3) is 0.300. The highest BCUT2D eigenvalue weighted by Gasteiger charge is 2.41. The lowest BCUT2D eigenvalue weighted by Gasteiger charge is -2.27. The van der Waals surface area contributed by atoms with Gasteiger partial charge in [0, 0.05) is 5.82 Å². The first-order valence-electron chi connectivity index (χ1n) is 8.47. The topological polar surface area (TPSA) is 55.8 Å². The predicted octanol–water partition coefficient (Wildman–Crippen LogP) is 3.48. The molecule has 1 heterocycles. The van der Waals surface area contributed by atoms with Crippen LogP contribution in [0.25, 0.3) is 0 Å². The lowest BCUT2D eigenvalue weighted by molar-refractivity contribution is -0.129. The van der Waals surface area contributed by atoms with Gasteiger partial charge < -0.3 is 9.47 Å². The molecule has 0 unspecified atom stereocenters. The van der Waals surface area contributed by atoms with E-state index in [1.807, 2.05) is 61.5 Å². The first-order chi connectivity index (χ1) is 12.5. The molecule has 3 atom stereocenters. The van der Waals surface area contributed by atoms with Crippen molar-refractivity contribution >= 4 is 19.8 Å². The number of benzene rings is 2. The zero-order valence-corrected chi connectivity index (χ0v) is 14.8. The largest absolute Gasteiger partial charge is 0.497 e. The van der Waals surface area contributed by atoms with Crippen LogP contribution in [0, 0.1) is 0 Å². The van der Waals surface area contributed by atoms with Crippen molar-refractivity contribution in [1.82, 2.24) is 4.90 Å². The third-order valence-electron chi connectivity index (χ3n) is 4.76. The molecule has 5 nitrogen and oxygen atoms in total. The Morgan fingerprint density at radius 2 is 1.85 bits per heavy atom. The van der Waals surface area contributed by atoms with Crippen molar-refractivity contribution in [3.63, 3.8) is 0 Å². The first kappa shape index (κ1) is 18.0.